The summed E-state index contributed by atoms with van der Waals surface area (Å²) in [5.41, 5.74) is 1.03. The topological polar surface area (TPSA) is 39.9 Å². The van der Waals surface area contributed by atoms with Crippen molar-refractivity contribution in [1.29, 1.82) is 5.26 Å². The Kier molecular flexibility index (Phi) is 2.88. The number of rotatable bonds is 2. The summed E-state index contributed by atoms with van der Waals surface area (Å²) in [7, 11) is 1.92. The van der Waals surface area contributed by atoms with Crippen LogP contribution in [0.15, 0.2) is 30.3 Å². The molecule has 2 aromatic rings. The van der Waals surface area contributed by atoms with Crippen molar-refractivity contribution in [2.45, 2.75) is 6.92 Å². The number of benzene rings is 1. The fourth-order valence-electron chi connectivity index (χ4n) is 1.49. The predicted molar refractivity (Wildman–Crippen MR) is 66.1 cm³/mol. The third kappa shape index (κ3) is 1.90. The van der Waals surface area contributed by atoms with Crippen LogP contribution < -0.4 is 4.90 Å². The molecule has 0 saturated carbocycles. The molecule has 0 unspecified atom stereocenters. The first kappa shape index (κ1) is 10.7. The Balaban J connectivity index is 2.42. The van der Waals surface area contributed by atoms with Crippen molar-refractivity contribution >= 4 is 22.8 Å². The minimum atomic E-state index is 0.656. The highest BCUT2D eigenvalue weighted by Crippen LogP contribution is 2.29. The van der Waals surface area contributed by atoms with E-state index < -0.39 is 0 Å². The predicted octanol–water partition coefficient (Wildman–Crippen LogP) is 3.09. The van der Waals surface area contributed by atoms with E-state index in [1.54, 1.807) is 0 Å². The normalized spacial score (nSPS) is 9.81. The molecule has 1 heterocycles. The summed E-state index contributed by atoms with van der Waals surface area (Å²) < 4.78 is 0. The number of aryl methyl sites for hydroxylation is 1. The Bertz CT molecular complexity index is 525. The van der Waals surface area contributed by atoms with Gasteiger partial charge in [-0.3, -0.25) is 0 Å². The average Bonchev–Trinajstić information content (AvgIpc) is 2.70. The lowest BCUT2D eigenvalue weighted by Gasteiger charge is -2.16. The van der Waals surface area contributed by atoms with Gasteiger partial charge in [0.15, 0.2) is 5.82 Å². The SMILES string of the molecule is Cc1nc(N(C)c2ccccc2)c(C#N)s1. The van der Waals surface area contributed by atoms with E-state index in [9.17, 15) is 0 Å². The molecular weight excluding hydrogens is 218 g/mol. The molecule has 0 fully saturated rings. The quantitative estimate of drug-likeness (QED) is 0.794. The average molecular weight is 229 g/mol. The Morgan fingerprint density at radius 2 is 2.00 bits per heavy atom. The van der Waals surface area contributed by atoms with Gasteiger partial charge in [-0.05, 0) is 19.1 Å². The van der Waals surface area contributed by atoms with Gasteiger partial charge in [0.25, 0.3) is 0 Å². The minimum absolute atomic E-state index is 0.656. The summed E-state index contributed by atoms with van der Waals surface area (Å²) in [6.45, 7) is 1.91. The van der Waals surface area contributed by atoms with Crippen LogP contribution in [0.3, 0.4) is 0 Å². The standard InChI is InChI=1S/C12H11N3S/c1-9-14-12(11(8-13)16-9)15(2)10-6-4-3-5-7-10/h3-7H,1-2H3. The first-order valence-corrected chi connectivity index (χ1v) is 5.70. The molecule has 0 saturated heterocycles. The number of hydrogen-bond acceptors (Lipinski definition) is 4. The maximum atomic E-state index is 9.02. The highest BCUT2D eigenvalue weighted by Gasteiger charge is 2.13. The number of anilines is 2. The van der Waals surface area contributed by atoms with Crippen LogP contribution >= 0.6 is 11.3 Å². The van der Waals surface area contributed by atoms with Gasteiger partial charge in [-0.25, -0.2) is 4.98 Å². The van der Waals surface area contributed by atoms with Crippen LogP contribution in [0, 0.1) is 18.3 Å². The van der Waals surface area contributed by atoms with E-state index in [0.29, 0.717) is 4.88 Å². The monoisotopic (exact) mass is 229 g/mol. The molecule has 0 amide bonds. The number of aromatic nitrogens is 1. The molecule has 1 aromatic heterocycles. The van der Waals surface area contributed by atoms with Crippen molar-refractivity contribution in [3.05, 3.63) is 40.2 Å². The van der Waals surface area contributed by atoms with Crippen LogP contribution in [0.5, 0.6) is 0 Å². The van der Waals surface area contributed by atoms with E-state index in [2.05, 4.69) is 11.1 Å². The highest BCUT2D eigenvalue weighted by molar-refractivity contribution is 7.12. The van der Waals surface area contributed by atoms with Crippen LogP contribution in [0.1, 0.15) is 9.88 Å². The molecule has 0 aliphatic heterocycles. The van der Waals surface area contributed by atoms with Crippen molar-refractivity contribution in [1.82, 2.24) is 4.98 Å². The molecule has 1 aromatic carbocycles. The van der Waals surface area contributed by atoms with Crippen molar-refractivity contribution in [2.75, 3.05) is 11.9 Å². The number of thiazole rings is 1. The van der Waals surface area contributed by atoms with Gasteiger partial charge in [0.1, 0.15) is 10.9 Å². The molecule has 0 aliphatic rings. The molecule has 0 aliphatic carbocycles. The highest BCUT2D eigenvalue weighted by atomic mass is 32.1. The van der Waals surface area contributed by atoms with Crippen LogP contribution in [0.2, 0.25) is 0 Å². The number of nitrogens with zero attached hydrogens (tertiary/aromatic N) is 3. The van der Waals surface area contributed by atoms with Gasteiger partial charge in [-0.15, -0.1) is 11.3 Å². The lowest BCUT2D eigenvalue weighted by molar-refractivity contribution is 1.13. The second kappa shape index (κ2) is 4.33. The molecule has 4 heteroatoms. The first-order valence-electron chi connectivity index (χ1n) is 4.88. The first-order chi connectivity index (χ1) is 7.72. The summed E-state index contributed by atoms with van der Waals surface area (Å²) in [6, 6.07) is 12.1. The van der Waals surface area contributed by atoms with Gasteiger partial charge in [-0.2, -0.15) is 5.26 Å². The zero-order chi connectivity index (χ0) is 11.5. The van der Waals surface area contributed by atoms with E-state index in [1.807, 2.05) is 49.2 Å². The fourth-order valence-corrected chi connectivity index (χ4v) is 2.24. The maximum Gasteiger partial charge on any atom is 0.162 e. The molecule has 16 heavy (non-hydrogen) atoms. The van der Waals surface area contributed by atoms with E-state index in [0.717, 1.165) is 16.5 Å². The molecular formula is C12H11N3S. The van der Waals surface area contributed by atoms with Crippen LogP contribution in [-0.2, 0) is 0 Å². The lowest BCUT2D eigenvalue weighted by atomic mass is 10.3. The summed E-state index contributed by atoms with van der Waals surface area (Å²) in [4.78, 5) is 6.97. The van der Waals surface area contributed by atoms with E-state index in [4.69, 9.17) is 5.26 Å². The summed E-state index contributed by atoms with van der Waals surface area (Å²) in [5, 5.41) is 9.93. The fraction of sp³-hybridized carbons (Fsp3) is 0.167. The summed E-state index contributed by atoms with van der Waals surface area (Å²) >= 11 is 1.42. The van der Waals surface area contributed by atoms with Gasteiger partial charge in [0.2, 0.25) is 0 Å². The van der Waals surface area contributed by atoms with Crippen molar-refractivity contribution < 1.29 is 0 Å². The van der Waals surface area contributed by atoms with E-state index in [1.165, 1.54) is 11.3 Å². The second-order valence-corrected chi connectivity index (χ2v) is 4.60. The van der Waals surface area contributed by atoms with E-state index >= 15 is 0 Å². The molecule has 80 valence electrons. The lowest BCUT2D eigenvalue weighted by Crippen LogP contribution is -2.10. The molecule has 0 spiro atoms. The van der Waals surface area contributed by atoms with Crippen molar-refractivity contribution in [2.24, 2.45) is 0 Å². The number of para-hydroxylation sites is 1. The van der Waals surface area contributed by atoms with Gasteiger partial charge in [0, 0.05) is 12.7 Å². The maximum absolute atomic E-state index is 9.02. The van der Waals surface area contributed by atoms with Crippen LogP contribution in [0.25, 0.3) is 0 Å². The summed E-state index contributed by atoms with van der Waals surface area (Å²) in [5.74, 6) is 0.733. The Labute approximate surface area is 98.6 Å². The van der Waals surface area contributed by atoms with Gasteiger partial charge in [0.05, 0.1) is 5.01 Å². The summed E-state index contributed by atoms with van der Waals surface area (Å²) in [6.07, 6.45) is 0. The minimum Gasteiger partial charge on any atom is -0.328 e. The van der Waals surface area contributed by atoms with Crippen LogP contribution in [-0.4, -0.2) is 12.0 Å². The Morgan fingerprint density at radius 3 is 2.62 bits per heavy atom. The zero-order valence-corrected chi connectivity index (χ0v) is 9.95. The van der Waals surface area contributed by atoms with Gasteiger partial charge >= 0.3 is 0 Å². The zero-order valence-electron chi connectivity index (χ0n) is 9.14. The molecule has 0 atom stereocenters. The smallest absolute Gasteiger partial charge is 0.162 e. The van der Waals surface area contributed by atoms with Crippen LogP contribution in [0.4, 0.5) is 11.5 Å². The molecule has 0 radical (unpaired) electrons. The molecule has 2 rings (SSSR count). The molecule has 0 bridgehead atoms. The van der Waals surface area contributed by atoms with Gasteiger partial charge in [-0.1, -0.05) is 18.2 Å². The third-order valence-electron chi connectivity index (χ3n) is 2.28. The Hall–Kier alpha value is -1.86. The Morgan fingerprint density at radius 1 is 1.31 bits per heavy atom. The molecule has 3 nitrogen and oxygen atoms in total. The van der Waals surface area contributed by atoms with Gasteiger partial charge < -0.3 is 4.90 Å². The largest absolute Gasteiger partial charge is 0.328 e. The third-order valence-corrected chi connectivity index (χ3v) is 3.14. The van der Waals surface area contributed by atoms with Crippen molar-refractivity contribution in [3.8, 4) is 6.07 Å². The second-order valence-electron chi connectivity index (χ2n) is 3.39. The number of nitriles is 1. The number of hydrogen-bond donors (Lipinski definition) is 0. The molecule has 0 N–H and O–H groups in total. The van der Waals surface area contributed by atoms with E-state index in [-0.39, 0.29) is 0 Å². The van der Waals surface area contributed by atoms with Crippen molar-refractivity contribution in [3.63, 3.8) is 0 Å².